The second-order valence-corrected chi connectivity index (χ2v) is 7.05. The lowest BCUT2D eigenvalue weighted by molar-refractivity contribution is -0.118. The van der Waals surface area contributed by atoms with Gasteiger partial charge in [0, 0.05) is 27.1 Å². The number of rotatable bonds is 7. The molecule has 0 aliphatic heterocycles. The molecule has 2 rings (SSSR count). The molecule has 0 aromatic heterocycles. The van der Waals surface area contributed by atoms with Crippen LogP contribution in [0.15, 0.2) is 58.3 Å². The van der Waals surface area contributed by atoms with Gasteiger partial charge >= 0.3 is 0 Å². The van der Waals surface area contributed by atoms with Crippen molar-refractivity contribution in [3.8, 4) is 0 Å². The second kappa shape index (κ2) is 9.08. The van der Waals surface area contributed by atoms with E-state index in [-0.39, 0.29) is 11.7 Å². The van der Waals surface area contributed by atoms with E-state index < -0.39 is 0 Å². The third kappa shape index (κ3) is 6.30. The van der Waals surface area contributed by atoms with Gasteiger partial charge in [-0.15, -0.1) is 23.5 Å². The van der Waals surface area contributed by atoms with Gasteiger partial charge in [0.2, 0.25) is 5.91 Å². The number of thioether (sulfide) groups is 2. The summed E-state index contributed by atoms with van der Waals surface area (Å²) < 4.78 is 12.8. The van der Waals surface area contributed by atoms with E-state index in [2.05, 4.69) is 5.32 Å². The molecule has 2 aromatic rings. The third-order valence-electron chi connectivity index (χ3n) is 2.69. The highest BCUT2D eigenvalue weighted by molar-refractivity contribution is 8.00. The molecule has 0 aliphatic carbocycles. The molecule has 0 spiro atoms. The minimum atomic E-state index is -0.270. The Balaban J connectivity index is 1.61. The zero-order valence-electron chi connectivity index (χ0n) is 11.7. The van der Waals surface area contributed by atoms with Crippen molar-refractivity contribution in [2.75, 3.05) is 18.1 Å². The number of halogens is 2. The van der Waals surface area contributed by atoms with E-state index in [1.165, 1.54) is 23.9 Å². The average molecular weight is 356 g/mol. The fraction of sp³-hybridized carbons (Fsp3) is 0.188. The fourth-order valence-electron chi connectivity index (χ4n) is 1.62. The van der Waals surface area contributed by atoms with Crippen LogP contribution in [0.25, 0.3) is 0 Å². The first-order valence-electron chi connectivity index (χ1n) is 6.67. The number of carbonyl (C=O) groups is 1. The van der Waals surface area contributed by atoms with E-state index in [4.69, 9.17) is 11.6 Å². The highest BCUT2D eigenvalue weighted by atomic mass is 35.5. The molecule has 0 heterocycles. The zero-order valence-corrected chi connectivity index (χ0v) is 14.1. The highest BCUT2D eigenvalue weighted by Crippen LogP contribution is 2.20. The molecule has 1 amide bonds. The normalized spacial score (nSPS) is 10.5. The van der Waals surface area contributed by atoms with Crippen LogP contribution >= 0.6 is 35.1 Å². The summed E-state index contributed by atoms with van der Waals surface area (Å²) in [5, 5.41) is 3.58. The number of hydrogen-bond donors (Lipinski definition) is 1. The first-order chi connectivity index (χ1) is 10.6. The number of hydrogen-bond acceptors (Lipinski definition) is 3. The van der Waals surface area contributed by atoms with Crippen LogP contribution in [-0.4, -0.2) is 24.0 Å². The van der Waals surface area contributed by atoms with Gasteiger partial charge in [0.1, 0.15) is 5.82 Å². The van der Waals surface area contributed by atoms with Crippen LogP contribution in [0.3, 0.4) is 0 Å². The Hall–Kier alpha value is -1.17. The minimum absolute atomic E-state index is 0.0222. The lowest BCUT2D eigenvalue weighted by Crippen LogP contribution is -2.27. The van der Waals surface area contributed by atoms with E-state index in [9.17, 15) is 9.18 Å². The third-order valence-corrected chi connectivity index (χ3v) is 4.97. The fourth-order valence-corrected chi connectivity index (χ4v) is 3.24. The molecule has 0 radical (unpaired) electrons. The summed E-state index contributed by atoms with van der Waals surface area (Å²) in [6, 6.07) is 13.7. The molecule has 0 fully saturated rings. The van der Waals surface area contributed by atoms with Gasteiger partial charge in [-0.3, -0.25) is 4.79 Å². The Labute approximate surface area is 142 Å². The molecule has 0 saturated carbocycles. The van der Waals surface area contributed by atoms with Crippen molar-refractivity contribution in [3.63, 3.8) is 0 Å². The van der Waals surface area contributed by atoms with Crippen molar-refractivity contribution in [1.29, 1.82) is 0 Å². The van der Waals surface area contributed by atoms with Gasteiger partial charge in [0.05, 0.1) is 5.75 Å². The number of nitrogens with one attached hydrogen (secondary N) is 1. The van der Waals surface area contributed by atoms with E-state index in [0.717, 1.165) is 20.6 Å². The number of amides is 1. The molecule has 0 bridgehead atoms. The molecule has 0 unspecified atom stereocenters. The van der Waals surface area contributed by atoms with E-state index in [1.54, 1.807) is 23.9 Å². The van der Waals surface area contributed by atoms with Crippen LogP contribution in [0, 0.1) is 5.82 Å². The summed E-state index contributed by atoms with van der Waals surface area (Å²) in [7, 11) is 0. The predicted octanol–water partition coefficient (Wildman–Crippen LogP) is 4.48. The maximum Gasteiger partial charge on any atom is 0.230 e. The van der Waals surface area contributed by atoms with Gasteiger partial charge in [-0.05, 0) is 48.5 Å². The van der Waals surface area contributed by atoms with Crippen molar-refractivity contribution in [1.82, 2.24) is 5.32 Å². The van der Waals surface area contributed by atoms with Crippen molar-refractivity contribution in [3.05, 3.63) is 59.4 Å². The molecular formula is C16H15ClFNOS2. The lowest BCUT2D eigenvalue weighted by atomic mass is 10.4. The quantitative estimate of drug-likeness (QED) is 0.586. The molecule has 1 N–H and O–H groups in total. The Morgan fingerprint density at radius 1 is 1.00 bits per heavy atom. The van der Waals surface area contributed by atoms with E-state index in [0.29, 0.717) is 12.3 Å². The molecule has 2 nitrogen and oxygen atoms in total. The van der Waals surface area contributed by atoms with Crippen LogP contribution in [0.1, 0.15) is 0 Å². The summed E-state index contributed by atoms with van der Waals surface area (Å²) in [5.41, 5.74) is 0. The first-order valence-corrected chi connectivity index (χ1v) is 9.02. The number of benzene rings is 2. The highest BCUT2D eigenvalue weighted by Gasteiger charge is 2.03. The standard InChI is InChI=1S/C16H15ClFNOS2/c17-12-1-5-14(6-2-12)21-10-9-19-16(20)11-22-15-7-3-13(18)4-8-15/h1-8H,9-11H2,(H,19,20). The second-order valence-electron chi connectivity index (χ2n) is 4.39. The number of carbonyl (C=O) groups excluding carboxylic acids is 1. The Morgan fingerprint density at radius 3 is 2.27 bits per heavy atom. The van der Waals surface area contributed by atoms with Crippen LogP contribution < -0.4 is 5.32 Å². The summed E-state index contributed by atoms with van der Waals surface area (Å²) in [6.07, 6.45) is 0. The molecule has 22 heavy (non-hydrogen) atoms. The van der Waals surface area contributed by atoms with Crippen LogP contribution in [0.4, 0.5) is 4.39 Å². The average Bonchev–Trinajstić information content (AvgIpc) is 2.53. The lowest BCUT2D eigenvalue weighted by Gasteiger charge is -2.05. The molecule has 6 heteroatoms. The van der Waals surface area contributed by atoms with Crippen LogP contribution in [0.5, 0.6) is 0 Å². The summed E-state index contributed by atoms with van der Waals surface area (Å²) in [5.74, 6) is 0.838. The summed E-state index contributed by atoms with van der Waals surface area (Å²) in [6.45, 7) is 0.607. The van der Waals surface area contributed by atoms with Gasteiger partial charge < -0.3 is 5.32 Å². The minimum Gasteiger partial charge on any atom is -0.355 e. The topological polar surface area (TPSA) is 29.1 Å². The Bertz CT molecular complexity index is 605. The first kappa shape index (κ1) is 17.2. The maximum atomic E-state index is 12.8. The smallest absolute Gasteiger partial charge is 0.230 e. The summed E-state index contributed by atoms with van der Waals surface area (Å²) >= 11 is 8.88. The summed E-state index contributed by atoms with van der Waals surface area (Å²) in [4.78, 5) is 13.7. The monoisotopic (exact) mass is 355 g/mol. The van der Waals surface area contributed by atoms with Gasteiger partial charge in [0.15, 0.2) is 0 Å². The predicted molar refractivity (Wildman–Crippen MR) is 92.3 cm³/mol. The zero-order chi connectivity index (χ0) is 15.8. The van der Waals surface area contributed by atoms with Gasteiger partial charge in [-0.25, -0.2) is 4.39 Å². The molecule has 2 aromatic carbocycles. The SMILES string of the molecule is O=C(CSc1ccc(F)cc1)NCCSc1ccc(Cl)cc1. The molecule has 0 saturated heterocycles. The van der Waals surface area contributed by atoms with E-state index >= 15 is 0 Å². The van der Waals surface area contributed by atoms with Gasteiger partial charge in [-0.2, -0.15) is 0 Å². The molecular weight excluding hydrogens is 341 g/mol. The van der Waals surface area contributed by atoms with E-state index in [1.807, 2.05) is 24.3 Å². The Morgan fingerprint density at radius 2 is 1.59 bits per heavy atom. The Kier molecular flexibility index (Phi) is 7.09. The molecule has 116 valence electrons. The van der Waals surface area contributed by atoms with Crippen molar-refractivity contribution < 1.29 is 9.18 Å². The van der Waals surface area contributed by atoms with Crippen LogP contribution in [0.2, 0.25) is 5.02 Å². The van der Waals surface area contributed by atoms with Crippen LogP contribution in [-0.2, 0) is 4.79 Å². The largest absolute Gasteiger partial charge is 0.355 e. The van der Waals surface area contributed by atoms with Gasteiger partial charge in [0.25, 0.3) is 0 Å². The van der Waals surface area contributed by atoms with Gasteiger partial charge in [-0.1, -0.05) is 11.6 Å². The maximum absolute atomic E-state index is 12.8. The van der Waals surface area contributed by atoms with Crippen molar-refractivity contribution in [2.24, 2.45) is 0 Å². The molecule has 0 atom stereocenters. The van der Waals surface area contributed by atoms with Crippen molar-refractivity contribution >= 4 is 41.0 Å². The van der Waals surface area contributed by atoms with Crippen molar-refractivity contribution in [2.45, 2.75) is 9.79 Å². The molecule has 0 aliphatic rings.